The van der Waals surface area contributed by atoms with Crippen LogP contribution in [0.4, 0.5) is 13.2 Å². The van der Waals surface area contributed by atoms with Gasteiger partial charge in [0.05, 0.1) is 11.4 Å². The third kappa shape index (κ3) is 3.06. The van der Waals surface area contributed by atoms with Gasteiger partial charge in [0.15, 0.2) is 0 Å². The summed E-state index contributed by atoms with van der Waals surface area (Å²) in [6.07, 6.45) is -4.71. The topological polar surface area (TPSA) is 59.9 Å². The Morgan fingerprint density at radius 1 is 1.29 bits per heavy atom. The summed E-state index contributed by atoms with van der Waals surface area (Å²) in [6, 6.07) is 0. The maximum Gasteiger partial charge on any atom is 0.451 e. The highest BCUT2D eigenvalue weighted by atomic mass is 35.7. The van der Waals surface area contributed by atoms with E-state index in [9.17, 15) is 21.6 Å². The van der Waals surface area contributed by atoms with E-state index in [1.165, 1.54) is 6.92 Å². The minimum absolute atomic E-state index is 0.00766. The van der Waals surface area contributed by atoms with E-state index in [2.05, 4.69) is 9.97 Å². The van der Waals surface area contributed by atoms with E-state index in [0.29, 0.717) is 0 Å². The second-order valence-corrected chi connectivity index (χ2v) is 5.70. The Bertz CT molecular complexity index is 542. The Morgan fingerprint density at radius 2 is 1.82 bits per heavy atom. The van der Waals surface area contributed by atoms with Gasteiger partial charge in [-0.1, -0.05) is 6.92 Å². The van der Waals surface area contributed by atoms with Crippen LogP contribution in [-0.2, 0) is 21.6 Å². The maximum atomic E-state index is 12.4. The second-order valence-electron chi connectivity index (χ2n) is 3.20. The van der Waals surface area contributed by atoms with Crippen LogP contribution in [0.25, 0.3) is 0 Å². The summed E-state index contributed by atoms with van der Waals surface area (Å²) in [7, 11) is 0.967. The molecule has 0 aliphatic carbocycles. The highest BCUT2D eigenvalue weighted by molar-refractivity contribution is 8.13. The fourth-order valence-electron chi connectivity index (χ4n) is 1.31. The number of hydrogen-bond acceptors (Lipinski definition) is 4. The number of alkyl halides is 3. The zero-order valence-corrected chi connectivity index (χ0v) is 10.4. The largest absolute Gasteiger partial charge is 0.451 e. The molecule has 0 amide bonds. The summed E-state index contributed by atoms with van der Waals surface area (Å²) in [5, 5.41) is 0. The van der Waals surface area contributed by atoms with Gasteiger partial charge in [-0.2, -0.15) is 13.2 Å². The van der Waals surface area contributed by atoms with Crippen molar-refractivity contribution in [3.63, 3.8) is 0 Å². The Morgan fingerprint density at radius 3 is 2.18 bits per heavy atom. The molecule has 0 aliphatic rings. The molecule has 0 aliphatic heterocycles. The SMILES string of the molecule is CCc1nc(C(F)(F)F)nc(C)c1S(=O)(=O)Cl. The first-order chi connectivity index (χ1) is 7.57. The van der Waals surface area contributed by atoms with Crippen LogP contribution in [-0.4, -0.2) is 18.4 Å². The van der Waals surface area contributed by atoms with Crippen molar-refractivity contribution >= 4 is 19.7 Å². The van der Waals surface area contributed by atoms with Gasteiger partial charge in [-0.25, -0.2) is 18.4 Å². The highest BCUT2D eigenvalue weighted by Crippen LogP contribution is 2.29. The Hall–Kier alpha value is -0.890. The van der Waals surface area contributed by atoms with Crippen molar-refractivity contribution in [1.29, 1.82) is 0 Å². The van der Waals surface area contributed by atoms with Crippen LogP contribution >= 0.6 is 10.7 Å². The van der Waals surface area contributed by atoms with E-state index >= 15 is 0 Å². The predicted octanol–water partition coefficient (Wildman–Crippen LogP) is 2.29. The van der Waals surface area contributed by atoms with Crippen LogP contribution in [0.1, 0.15) is 24.1 Å². The number of halogens is 4. The van der Waals surface area contributed by atoms with Crippen LogP contribution in [0.2, 0.25) is 0 Å². The lowest BCUT2D eigenvalue weighted by molar-refractivity contribution is -0.145. The van der Waals surface area contributed by atoms with Crippen LogP contribution in [0, 0.1) is 6.92 Å². The van der Waals surface area contributed by atoms with Crippen molar-refractivity contribution in [3.8, 4) is 0 Å². The van der Waals surface area contributed by atoms with E-state index in [4.69, 9.17) is 10.7 Å². The van der Waals surface area contributed by atoms with E-state index in [1.807, 2.05) is 0 Å². The molecule has 1 aromatic heterocycles. The molecule has 1 heterocycles. The number of nitrogens with zero attached hydrogens (tertiary/aromatic N) is 2. The molecule has 9 heteroatoms. The molecule has 1 rings (SSSR count). The molecular weight excluding hydrogens is 281 g/mol. The van der Waals surface area contributed by atoms with Crippen molar-refractivity contribution in [1.82, 2.24) is 9.97 Å². The summed E-state index contributed by atoms with van der Waals surface area (Å²) in [4.78, 5) is 5.86. The Labute approximate surface area is 100 Å². The fraction of sp³-hybridized carbons (Fsp3) is 0.500. The van der Waals surface area contributed by atoms with Crippen LogP contribution < -0.4 is 0 Å². The molecule has 0 radical (unpaired) electrons. The second kappa shape index (κ2) is 4.41. The molecule has 0 aromatic carbocycles. The predicted molar refractivity (Wildman–Crippen MR) is 54.2 cm³/mol. The van der Waals surface area contributed by atoms with Crippen molar-refractivity contribution < 1.29 is 21.6 Å². The molecule has 0 bridgehead atoms. The first-order valence-electron chi connectivity index (χ1n) is 4.46. The summed E-state index contributed by atoms with van der Waals surface area (Å²) >= 11 is 0. The molecular formula is C8H8ClF3N2O2S. The van der Waals surface area contributed by atoms with E-state index in [1.54, 1.807) is 0 Å². The normalized spacial score (nSPS) is 12.8. The molecule has 0 fully saturated rings. The smallest absolute Gasteiger partial charge is 0.228 e. The zero-order valence-electron chi connectivity index (χ0n) is 8.84. The van der Waals surface area contributed by atoms with Gasteiger partial charge < -0.3 is 0 Å². The average Bonchev–Trinajstić information content (AvgIpc) is 2.12. The molecule has 0 unspecified atom stereocenters. The Kier molecular flexibility index (Phi) is 3.68. The quantitative estimate of drug-likeness (QED) is 0.784. The molecule has 0 saturated carbocycles. The standard InChI is InChI=1S/C8H8ClF3N2O2S/c1-3-5-6(17(9,15)16)4(2)13-7(14-5)8(10,11)12/h3H2,1-2H3. The summed E-state index contributed by atoms with van der Waals surface area (Å²) in [6.45, 7) is 2.62. The minimum atomic E-state index is -4.72. The number of rotatable bonds is 2. The zero-order chi connectivity index (χ0) is 13.4. The fourth-order valence-corrected chi connectivity index (χ4v) is 2.78. The number of hydrogen-bond donors (Lipinski definition) is 0. The molecule has 0 spiro atoms. The average molecular weight is 289 g/mol. The third-order valence-electron chi connectivity index (χ3n) is 1.94. The first-order valence-corrected chi connectivity index (χ1v) is 6.77. The van der Waals surface area contributed by atoms with Crippen molar-refractivity contribution in [3.05, 3.63) is 17.2 Å². The van der Waals surface area contributed by atoms with E-state index in [0.717, 1.165) is 6.92 Å². The van der Waals surface area contributed by atoms with Crippen molar-refractivity contribution in [2.24, 2.45) is 0 Å². The van der Waals surface area contributed by atoms with Crippen LogP contribution in [0.15, 0.2) is 4.90 Å². The van der Waals surface area contributed by atoms with Crippen molar-refractivity contribution in [2.75, 3.05) is 0 Å². The molecule has 1 aromatic rings. The third-order valence-corrected chi connectivity index (χ3v) is 3.42. The van der Waals surface area contributed by atoms with Gasteiger partial charge in [-0.05, 0) is 13.3 Å². The molecule has 17 heavy (non-hydrogen) atoms. The molecule has 0 saturated heterocycles. The van der Waals surface area contributed by atoms with Gasteiger partial charge in [-0.3, -0.25) is 0 Å². The maximum absolute atomic E-state index is 12.4. The molecule has 4 nitrogen and oxygen atoms in total. The van der Waals surface area contributed by atoms with Gasteiger partial charge in [0.2, 0.25) is 5.82 Å². The van der Waals surface area contributed by atoms with Crippen LogP contribution in [0.3, 0.4) is 0 Å². The molecule has 0 N–H and O–H groups in total. The number of aromatic nitrogens is 2. The van der Waals surface area contributed by atoms with Gasteiger partial charge >= 0.3 is 6.18 Å². The van der Waals surface area contributed by atoms with Gasteiger partial charge in [0.1, 0.15) is 4.90 Å². The lowest BCUT2D eigenvalue weighted by Gasteiger charge is -2.11. The molecule has 0 atom stereocenters. The minimum Gasteiger partial charge on any atom is -0.228 e. The molecule has 96 valence electrons. The lowest BCUT2D eigenvalue weighted by atomic mass is 10.2. The Balaban J connectivity index is 3.59. The van der Waals surface area contributed by atoms with E-state index < -0.39 is 25.9 Å². The summed E-state index contributed by atoms with van der Waals surface area (Å²) in [5.41, 5.74) is -0.543. The summed E-state index contributed by atoms with van der Waals surface area (Å²) in [5.74, 6) is -1.36. The van der Waals surface area contributed by atoms with Gasteiger partial charge in [-0.15, -0.1) is 0 Å². The lowest BCUT2D eigenvalue weighted by Crippen LogP contribution is -2.16. The highest BCUT2D eigenvalue weighted by Gasteiger charge is 2.36. The van der Waals surface area contributed by atoms with Gasteiger partial charge in [0.25, 0.3) is 9.05 Å². The van der Waals surface area contributed by atoms with Crippen molar-refractivity contribution in [2.45, 2.75) is 31.3 Å². The monoisotopic (exact) mass is 288 g/mol. The first kappa shape index (κ1) is 14.2. The van der Waals surface area contributed by atoms with E-state index in [-0.39, 0.29) is 17.8 Å². The van der Waals surface area contributed by atoms with Crippen LogP contribution in [0.5, 0.6) is 0 Å². The van der Waals surface area contributed by atoms with Gasteiger partial charge in [0, 0.05) is 10.7 Å². The number of aryl methyl sites for hydroxylation is 2. The summed E-state index contributed by atoms with van der Waals surface area (Å²) < 4.78 is 59.6.